The molecule has 4 aliphatic rings. The number of epoxide rings is 1. The van der Waals surface area contributed by atoms with Gasteiger partial charge in [0.15, 0.2) is 23.9 Å². The fraction of sp³-hybridized carbons (Fsp3) is 0.679. The van der Waals surface area contributed by atoms with Crippen LogP contribution in [0.25, 0.3) is 0 Å². The number of esters is 5. The Morgan fingerprint density at radius 3 is 2.05 bits per heavy atom. The Hall–Kier alpha value is -3.00. The molecule has 0 amide bonds. The minimum absolute atomic E-state index is 0.130. The van der Waals surface area contributed by atoms with Crippen molar-refractivity contribution in [2.24, 2.45) is 17.3 Å². The number of allylic oxidation sites excluding steroid dienone is 2. The Morgan fingerprint density at radius 2 is 1.55 bits per heavy atom. The summed E-state index contributed by atoms with van der Waals surface area (Å²) in [6, 6.07) is 0. The van der Waals surface area contributed by atoms with E-state index in [1.807, 2.05) is 0 Å². The van der Waals surface area contributed by atoms with Crippen LogP contribution in [0.3, 0.4) is 0 Å². The number of hydrogen-bond donors (Lipinski definition) is 2. The van der Waals surface area contributed by atoms with Crippen LogP contribution in [0.1, 0.15) is 41.5 Å². The van der Waals surface area contributed by atoms with Gasteiger partial charge in [0.05, 0.1) is 17.9 Å². The minimum Gasteiger partial charge on any atom is -0.459 e. The molecular formula is C28H35ClO13. The highest BCUT2D eigenvalue weighted by Gasteiger charge is 2.80. The first-order valence-electron chi connectivity index (χ1n) is 13.4. The highest BCUT2D eigenvalue weighted by atomic mass is 35.5. The van der Waals surface area contributed by atoms with Crippen molar-refractivity contribution in [3.05, 3.63) is 23.8 Å². The molecule has 2 heterocycles. The Labute approximate surface area is 247 Å². The number of alkyl halides is 1. The Kier molecular flexibility index (Phi) is 8.55. The molecular weight excluding hydrogens is 580 g/mol. The van der Waals surface area contributed by atoms with Crippen molar-refractivity contribution in [1.29, 1.82) is 0 Å². The Morgan fingerprint density at radius 1 is 1.00 bits per heavy atom. The second kappa shape index (κ2) is 11.3. The fourth-order valence-corrected chi connectivity index (χ4v) is 6.95. The highest BCUT2D eigenvalue weighted by Crippen LogP contribution is 2.62. The van der Waals surface area contributed by atoms with Crippen LogP contribution < -0.4 is 0 Å². The standard InChI is InChI=1S/C28H35ClO13/c1-12-25(35)42-19-9-17(10-29)7-8-18(38-13(2)30)26(6)21(24(28(12,19)36)41-16(5)33)27(11-37-27)22(34)20(39-14(3)31)23(26)40-15(4)32/h7-9,12,18-24,34,36H,10-11H2,1-6H3/b8-7-,17-9+/t12-,18-,19-,20-,21?,22+,23-,24-,26+,27-,28?/m0/s1. The van der Waals surface area contributed by atoms with Gasteiger partial charge in [-0.25, -0.2) is 0 Å². The van der Waals surface area contributed by atoms with Gasteiger partial charge in [0.25, 0.3) is 0 Å². The summed E-state index contributed by atoms with van der Waals surface area (Å²) in [6.45, 7) is 7.15. The second-order valence-electron chi connectivity index (χ2n) is 11.4. The van der Waals surface area contributed by atoms with E-state index in [-0.39, 0.29) is 12.5 Å². The number of aliphatic hydroxyl groups is 2. The summed E-state index contributed by atoms with van der Waals surface area (Å²) < 4.78 is 34.2. The monoisotopic (exact) mass is 614 g/mol. The third-order valence-corrected chi connectivity index (χ3v) is 9.01. The van der Waals surface area contributed by atoms with E-state index in [2.05, 4.69) is 0 Å². The van der Waals surface area contributed by atoms with Crippen LogP contribution in [0, 0.1) is 17.3 Å². The second-order valence-corrected chi connectivity index (χ2v) is 11.7. The predicted molar refractivity (Wildman–Crippen MR) is 140 cm³/mol. The lowest BCUT2D eigenvalue weighted by Crippen LogP contribution is -2.75. The molecule has 2 aliphatic carbocycles. The van der Waals surface area contributed by atoms with E-state index in [0.29, 0.717) is 5.57 Å². The van der Waals surface area contributed by atoms with E-state index in [9.17, 15) is 34.2 Å². The van der Waals surface area contributed by atoms with E-state index in [0.717, 1.165) is 27.7 Å². The van der Waals surface area contributed by atoms with Gasteiger partial charge in [0.2, 0.25) is 0 Å². The van der Waals surface area contributed by atoms with Gasteiger partial charge in [0.1, 0.15) is 23.9 Å². The largest absolute Gasteiger partial charge is 0.459 e. The summed E-state index contributed by atoms with van der Waals surface area (Å²) in [6.07, 6.45) is -4.86. The zero-order chi connectivity index (χ0) is 31.4. The van der Waals surface area contributed by atoms with Gasteiger partial charge in [-0.1, -0.05) is 13.0 Å². The van der Waals surface area contributed by atoms with Crippen molar-refractivity contribution >= 4 is 41.4 Å². The van der Waals surface area contributed by atoms with Crippen molar-refractivity contribution in [2.45, 2.75) is 89.4 Å². The number of halogens is 1. The summed E-state index contributed by atoms with van der Waals surface area (Å²) in [5.41, 5.74) is -5.39. The van der Waals surface area contributed by atoms with Crippen LogP contribution in [-0.2, 0) is 52.4 Å². The van der Waals surface area contributed by atoms with Crippen LogP contribution >= 0.6 is 11.6 Å². The number of fused-ring (bicyclic) bond motifs is 3. The van der Waals surface area contributed by atoms with Gasteiger partial charge in [-0.2, -0.15) is 0 Å². The molecule has 2 saturated heterocycles. The van der Waals surface area contributed by atoms with Gasteiger partial charge < -0.3 is 38.6 Å². The SMILES string of the molecule is CC(=O)O[C@H]1[C@@H](O)[C@]2(CO2)C2[C@H](OC(C)=O)C3(O)[C@H](/C=C(CCl)\C=C/[C@H](OC(C)=O)[C@@]2(C)[C@H]1OC(C)=O)OC(=O)[C@@H]3C. The van der Waals surface area contributed by atoms with Crippen LogP contribution in [0.5, 0.6) is 0 Å². The van der Waals surface area contributed by atoms with Crippen molar-refractivity contribution in [3.63, 3.8) is 0 Å². The van der Waals surface area contributed by atoms with Crippen LogP contribution in [0.4, 0.5) is 0 Å². The summed E-state index contributed by atoms with van der Waals surface area (Å²) in [5.74, 6) is -6.86. The third-order valence-electron chi connectivity index (χ3n) is 8.70. The number of carbonyl (C=O) groups excluding carboxylic acids is 5. The number of carbonyl (C=O) groups is 5. The zero-order valence-corrected chi connectivity index (χ0v) is 24.8. The minimum atomic E-state index is -2.29. The van der Waals surface area contributed by atoms with Crippen LogP contribution in [0.2, 0.25) is 0 Å². The molecule has 0 aromatic carbocycles. The summed E-state index contributed by atoms with van der Waals surface area (Å²) in [4.78, 5) is 62.9. The third kappa shape index (κ3) is 5.10. The molecule has 232 valence electrons. The number of rotatable bonds is 5. The van der Waals surface area contributed by atoms with Gasteiger partial charge in [-0.3, -0.25) is 24.0 Å². The molecule has 2 unspecified atom stereocenters. The van der Waals surface area contributed by atoms with Crippen LogP contribution in [-0.4, -0.2) is 100 Å². The number of ether oxygens (including phenoxy) is 6. The van der Waals surface area contributed by atoms with Crippen LogP contribution in [0.15, 0.2) is 23.8 Å². The van der Waals surface area contributed by atoms with E-state index < -0.39 is 94.9 Å². The summed E-state index contributed by atoms with van der Waals surface area (Å²) in [5, 5.41) is 24.2. The first-order valence-corrected chi connectivity index (χ1v) is 14.0. The highest BCUT2D eigenvalue weighted by molar-refractivity contribution is 6.19. The topological polar surface area (TPSA) is 184 Å². The molecule has 3 fully saturated rings. The maximum Gasteiger partial charge on any atom is 0.312 e. The zero-order valence-electron chi connectivity index (χ0n) is 24.0. The van der Waals surface area contributed by atoms with Crippen molar-refractivity contribution in [3.8, 4) is 0 Å². The smallest absolute Gasteiger partial charge is 0.312 e. The van der Waals surface area contributed by atoms with Gasteiger partial charge in [0, 0.05) is 39.5 Å². The van der Waals surface area contributed by atoms with Gasteiger partial charge in [-0.15, -0.1) is 11.6 Å². The normalized spacial score (nSPS) is 44.3. The number of aliphatic hydroxyl groups excluding tert-OH is 1. The molecule has 42 heavy (non-hydrogen) atoms. The fourth-order valence-electron chi connectivity index (χ4n) is 6.77. The van der Waals surface area contributed by atoms with Crippen molar-refractivity contribution in [1.82, 2.24) is 0 Å². The molecule has 4 rings (SSSR count). The molecule has 0 radical (unpaired) electrons. The average molecular weight is 615 g/mol. The lowest BCUT2D eigenvalue weighted by Gasteiger charge is -2.58. The molecule has 0 bridgehead atoms. The maximum atomic E-state index is 13.0. The molecule has 14 heteroatoms. The lowest BCUT2D eigenvalue weighted by molar-refractivity contribution is -0.276. The molecule has 0 aromatic heterocycles. The Bertz CT molecular complexity index is 1220. The van der Waals surface area contributed by atoms with E-state index in [1.54, 1.807) is 0 Å². The van der Waals surface area contributed by atoms with Crippen molar-refractivity contribution < 1.29 is 62.6 Å². The number of hydrogen-bond acceptors (Lipinski definition) is 13. The Balaban J connectivity index is 2.12. The maximum absolute atomic E-state index is 13.0. The molecule has 1 saturated carbocycles. The first-order chi connectivity index (χ1) is 19.5. The molecule has 13 nitrogen and oxygen atoms in total. The quantitative estimate of drug-likeness (QED) is 0.189. The summed E-state index contributed by atoms with van der Waals surface area (Å²) >= 11 is 6.19. The lowest BCUT2D eigenvalue weighted by atomic mass is 9.51. The summed E-state index contributed by atoms with van der Waals surface area (Å²) in [7, 11) is 0. The van der Waals surface area contributed by atoms with Crippen molar-refractivity contribution in [2.75, 3.05) is 12.5 Å². The first kappa shape index (κ1) is 31.9. The van der Waals surface area contributed by atoms with E-state index in [4.69, 9.17) is 40.0 Å². The average Bonchev–Trinajstić information content (AvgIpc) is 3.64. The van der Waals surface area contributed by atoms with Gasteiger partial charge in [-0.05, 0) is 24.6 Å². The molecule has 0 aromatic rings. The molecule has 2 aliphatic heterocycles. The predicted octanol–water partition coefficient (Wildman–Crippen LogP) is 0.507. The van der Waals surface area contributed by atoms with Gasteiger partial charge >= 0.3 is 29.8 Å². The molecule has 1 spiro atoms. The molecule has 2 N–H and O–H groups in total. The van der Waals surface area contributed by atoms with E-state index >= 15 is 0 Å². The van der Waals surface area contributed by atoms with E-state index in [1.165, 1.54) is 32.1 Å². The molecule has 11 atom stereocenters.